The van der Waals surface area contributed by atoms with Crippen molar-refractivity contribution >= 4 is 28.8 Å². The van der Waals surface area contributed by atoms with Crippen molar-refractivity contribution in [2.45, 2.75) is 12.6 Å². The number of carbonyl (C=O) groups is 1. The molecule has 7 heteroatoms. The standard InChI is InChI=1S/C17H17ClN2O3S/c18-12-8-11(9-13-16(12)23-6-5-22-13)10-20-4-3-19-17(21)15(20)14-2-1-7-24-14/h1-2,7-9,15H,3-6,10H2,(H,19,21). The molecule has 1 unspecified atom stereocenters. The van der Waals surface area contributed by atoms with Crippen molar-refractivity contribution in [3.8, 4) is 11.5 Å². The van der Waals surface area contributed by atoms with Gasteiger partial charge in [-0.25, -0.2) is 0 Å². The first kappa shape index (κ1) is 15.7. The zero-order valence-electron chi connectivity index (χ0n) is 13.0. The molecule has 0 radical (unpaired) electrons. The molecule has 4 rings (SSSR count). The normalized spacial score (nSPS) is 20.7. The minimum atomic E-state index is -0.259. The topological polar surface area (TPSA) is 50.8 Å². The Morgan fingerprint density at radius 2 is 2.21 bits per heavy atom. The van der Waals surface area contributed by atoms with Crippen molar-refractivity contribution in [1.29, 1.82) is 0 Å². The fourth-order valence-corrected chi connectivity index (χ4v) is 4.27. The number of nitrogens with one attached hydrogen (secondary N) is 1. The lowest BCUT2D eigenvalue weighted by Gasteiger charge is -2.34. The number of carbonyl (C=O) groups excluding carboxylic acids is 1. The van der Waals surface area contributed by atoms with Gasteiger partial charge in [0.1, 0.15) is 19.3 Å². The zero-order valence-corrected chi connectivity index (χ0v) is 14.5. The quantitative estimate of drug-likeness (QED) is 0.909. The van der Waals surface area contributed by atoms with Gasteiger partial charge in [-0.05, 0) is 29.1 Å². The highest BCUT2D eigenvalue weighted by Crippen LogP contribution is 2.39. The number of ether oxygens (including phenoxy) is 2. The highest BCUT2D eigenvalue weighted by atomic mass is 35.5. The molecule has 1 saturated heterocycles. The second kappa shape index (κ2) is 6.63. The third-order valence-corrected chi connectivity index (χ3v) is 5.37. The number of amides is 1. The summed E-state index contributed by atoms with van der Waals surface area (Å²) in [4.78, 5) is 15.6. The van der Waals surface area contributed by atoms with Gasteiger partial charge in [0, 0.05) is 24.5 Å². The largest absolute Gasteiger partial charge is 0.486 e. The number of benzene rings is 1. The molecule has 2 aromatic rings. The summed E-state index contributed by atoms with van der Waals surface area (Å²) in [5.41, 5.74) is 1.01. The second-order valence-corrected chi connectivity index (χ2v) is 7.17. The summed E-state index contributed by atoms with van der Waals surface area (Å²) >= 11 is 7.93. The first-order valence-electron chi connectivity index (χ1n) is 7.85. The van der Waals surface area contributed by atoms with Crippen molar-refractivity contribution < 1.29 is 14.3 Å². The van der Waals surface area contributed by atoms with Gasteiger partial charge in [0.2, 0.25) is 5.91 Å². The van der Waals surface area contributed by atoms with Crippen LogP contribution in [0.3, 0.4) is 0 Å². The first-order chi connectivity index (χ1) is 11.7. The molecule has 5 nitrogen and oxygen atoms in total. The number of fused-ring (bicyclic) bond motifs is 1. The Morgan fingerprint density at radius 3 is 3.04 bits per heavy atom. The number of halogens is 1. The Labute approximate surface area is 149 Å². The van der Waals surface area contributed by atoms with E-state index in [1.165, 1.54) is 0 Å². The van der Waals surface area contributed by atoms with E-state index in [1.807, 2.05) is 29.6 Å². The van der Waals surface area contributed by atoms with Crippen LogP contribution in [0.15, 0.2) is 29.6 Å². The summed E-state index contributed by atoms with van der Waals surface area (Å²) in [5.74, 6) is 1.34. The molecule has 0 bridgehead atoms. The number of nitrogens with zero attached hydrogens (tertiary/aromatic N) is 1. The van der Waals surface area contributed by atoms with Crippen LogP contribution in [0.4, 0.5) is 0 Å². The van der Waals surface area contributed by atoms with E-state index in [9.17, 15) is 4.79 Å². The Bertz CT molecular complexity index is 751. The van der Waals surface area contributed by atoms with Crippen molar-refractivity contribution in [3.05, 3.63) is 45.1 Å². The maximum Gasteiger partial charge on any atom is 0.242 e. The van der Waals surface area contributed by atoms with Gasteiger partial charge in [-0.2, -0.15) is 0 Å². The van der Waals surface area contributed by atoms with E-state index in [0.717, 1.165) is 17.0 Å². The van der Waals surface area contributed by atoms with Crippen molar-refractivity contribution in [3.63, 3.8) is 0 Å². The number of piperazine rings is 1. The maximum absolute atomic E-state index is 12.4. The van der Waals surface area contributed by atoms with Crippen LogP contribution in [0.1, 0.15) is 16.5 Å². The number of hydrogen-bond donors (Lipinski definition) is 1. The maximum atomic E-state index is 12.4. The van der Waals surface area contributed by atoms with Gasteiger partial charge in [0.05, 0.1) is 5.02 Å². The molecule has 1 atom stereocenters. The monoisotopic (exact) mass is 364 g/mol. The molecule has 1 aromatic heterocycles. The number of thiophene rings is 1. The third-order valence-electron chi connectivity index (χ3n) is 4.17. The molecule has 1 aromatic carbocycles. The minimum Gasteiger partial charge on any atom is -0.486 e. The Balaban J connectivity index is 1.61. The molecular formula is C17H17ClN2O3S. The van der Waals surface area contributed by atoms with Crippen LogP contribution in [0.2, 0.25) is 5.02 Å². The highest BCUT2D eigenvalue weighted by Gasteiger charge is 2.32. The Hall–Kier alpha value is -1.76. The Kier molecular flexibility index (Phi) is 4.35. The fourth-order valence-electron chi connectivity index (χ4n) is 3.13. The molecule has 0 spiro atoms. The van der Waals surface area contributed by atoms with E-state index in [4.69, 9.17) is 21.1 Å². The zero-order chi connectivity index (χ0) is 16.5. The van der Waals surface area contributed by atoms with Crippen molar-refractivity contribution in [2.24, 2.45) is 0 Å². The van der Waals surface area contributed by atoms with Crippen molar-refractivity contribution in [1.82, 2.24) is 10.2 Å². The van der Waals surface area contributed by atoms with Gasteiger partial charge in [0.15, 0.2) is 11.5 Å². The molecule has 1 N–H and O–H groups in total. The lowest BCUT2D eigenvalue weighted by Crippen LogP contribution is -2.49. The van der Waals surface area contributed by atoms with E-state index in [-0.39, 0.29) is 11.9 Å². The van der Waals surface area contributed by atoms with Gasteiger partial charge in [-0.1, -0.05) is 17.7 Å². The van der Waals surface area contributed by atoms with Gasteiger partial charge in [-0.15, -0.1) is 11.3 Å². The molecule has 24 heavy (non-hydrogen) atoms. The van der Waals surface area contributed by atoms with Crippen LogP contribution in [-0.2, 0) is 11.3 Å². The molecule has 1 fully saturated rings. The third kappa shape index (κ3) is 2.97. The number of rotatable bonds is 3. The predicted molar refractivity (Wildman–Crippen MR) is 92.9 cm³/mol. The van der Waals surface area contributed by atoms with E-state index >= 15 is 0 Å². The molecule has 0 saturated carbocycles. The summed E-state index contributed by atoms with van der Waals surface area (Å²) in [5, 5.41) is 5.50. The lowest BCUT2D eigenvalue weighted by molar-refractivity contribution is -0.129. The average molecular weight is 365 g/mol. The molecule has 0 aliphatic carbocycles. The van der Waals surface area contributed by atoms with Gasteiger partial charge >= 0.3 is 0 Å². The summed E-state index contributed by atoms with van der Waals surface area (Å²) in [7, 11) is 0. The van der Waals surface area contributed by atoms with Gasteiger partial charge in [-0.3, -0.25) is 9.69 Å². The first-order valence-corrected chi connectivity index (χ1v) is 9.11. The van der Waals surface area contributed by atoms with Crippen LogP contribution in [0.5, 0.6) is 11.5 Å². The second-order valence-electron chi connectivity index (χ2n) is 5.78. The molecule has 3 heterocycles. The van der Waals surface area contributed by atoms with E-state index in [1.54, 1.807) is 11.3 Å². The van der Waals surface area contributed by atoms with Gasteiger partial charge < -0.3 is 14.8 Å². The SMILES string of the molecule is O=C1NCCN(Cc2cc(Cl)c3c(c2)OCCO3)C1c1cccs1. The summed E-state index contributed by atoms with van der Waals surface area (Å²) in [6.45, 7) is 3.11. The lowest BCUT2D eigenvalue weighted by atomic mass is 10.1. The molecular weight excluding hydrogens is 348 g/mol. The van der Waals surface area contributed by atoms with E-state index < -0.39 is 0 Å². The number of hydrogen-bond acceptors (Lipinski definition) is 5. The molecule has 2 aliphatic heterocycles. The summed E-state index contributed by atoms with van der Waals surface area (Å²) in [6.07, 6.45) is 0. The average Bonchev–Trinajstić information content (AvgIpc) is 3.09. The van der Waals surface area contributed by atoms with Crippen LogP contribution in [0.25, 0.3) is 0 Å². The van der Waals surface area contributed by atoms with Crippen LogP contribution < -0.4 is 14.8 Å². The Morgan fingerprint density at radius 1 is 1.33 bits per heavy atom. The molecule has 126 valence electrons. The van der Waals surface area contributed by atoms with E-state index in [2.05, 4.69) is 10.2 Å². The molecule has 2 aliphatic rings. The van der Waals surface area contributed by atoms with Crippen LogP contribution in [-0.4, -0.2) is 37.1 Å². The summed E-state index contributed by atoms with van der Waals surface area (Å²) in [6, 6.07) is 7.57. The minimum absolute atomic E-state index is 0.0485. The van der Waals surface area contributed by atoms with Crippen LogP contribution >= 0.6 is 22.9 Å². The van der Waals surface area contributed by atoms with Crippen molar-refractivity contribution in [2.75, 3.05) is 26.3 Å². The highest BCUT2D eigenvalue weighted by molar-refractivity contribution is 7.10. The summed E-state index contributed by atoms with van der Waals surface area (Å²) < 4.78 is 11.2. The van der Waals surface area contributed by atoms with E-state index in [0.29, 0.717) is 42.8 Å². The smallest absolute Gasteiger partial charge is 0.242 e. The van der Waals surface area contributed by atoms with Crippen LogP contribution in [0, 0.1) is 0 Å². The molecule has 1 amide bonds. The van der Waals surface area contributed by atoms with Gasteiger partial charge in [0.25, 0.3) is 0 Å². The predicted octanol–water partition coefficient (Wildman–Crippen LogP) is 2.85. The fraction of sp³-hybridized carbons (Fsp3) is 0.353.